The number of furan rings is 1. The van der Waals surface area contributed by atoms with Crippen LogP contribution in [0, 0.1) is 0 Å². The lowest BCUT2D eigenvalue weighted by molar-refractivity contribution is 0.430. The molecule has 3 aromatic heterocycles. The SMILES string of the molecule is CCC(Cc1ccco1)NCc1csc(-c2cnccn2)n1. The van der Waals surface area contributed by atoms with Crippen LogP contribution in [0.2, 0.25) is 0 Å². The minimum Gasteiger partial charge on any atom is -0.469 e. The van der Waals surface area contributed by atoms with Crippen LogP contribution in [0.1, 0.15) is 24.8 Å². The Balaban J connectivity index is 1.58. The van der Waals surface area contributed by atoms with Crippen molar-refractivity contribution in [3.8, 4) is 10.7 Å². The van der Waals surface area contributed by atoms with Gasteiger partial charge in [0.2, 0.25) is 0 Å². The summed E-state index contributed by atoms with van der Waals surface area (Å²) < 4.78 is 5.41. The van der Waals surface area contributed by atoms with E-state index in [4.69, 9.17) is 4.42 Å². The second-order valence-electron chi connectivity index (χ2n) is 5.00. The molecule has 22 heavy (non-hydrogen) atoms. The van der Waals surface area contributed by atoms with Crippen LogP contribution in [-0.4, -0.2) is 21.0 Å². The Morgan fingerprint density at radius 2 is 2.32 bits per heavy atom. The van der Waals surface area contributed by atoms with Gasteiger partial charge in [-0.05, 0) is 18.6 Å². The Hall–Kier alpha value is -2.05. The Bertz CT molecular complexity index is 681. The van der Waals surface area contributed by atoms with E-state index >= 15 is 0 Å². The fourth-order valence-electron chi connectivity index (χ4n) is 2.20. The summed E-state index contributed by atoms with van der Waals surface area (Å²) in [5, 5.41) is 6.51. The third-order valence-corrected chi connectivity index (χ3v) is 4.34. The first-order valence-corrected chi connectivity index (χ1v) is 8.19. The Labute approximate surface area is 133 Å². The Kier molecular flexibility index (Phi) is 4.92. The summed E-state index contributed by atoms with van der Waals surface area (Å²) >= 11 is 1.60. The van der Waals surface area contributed by atoms with Crippen molar-refractivity contribution in [3.63, 3.8) is 0 Å². The maximum absolute atomic E-state index is 5.41. The molecule has 3 rings (SSSR count). The molecule has 0 saturated carbocycles. The zero-order valence-corrected chi connectivity index (χ0v) is 13.2. The largest absolute Gasteiger partial charge is 0.469 e. The molecule has 1 atom stereocenters. The van der Waals surface area contributed by atoms with Crippen molar-refractivity contribution in [2.45, 2.75) is 32.4 Å². The van der Waals surface area contributed by atoms with Gasteiger partial charge in [-0.2, -0.15) is 0 Å². The van der Waals surface area contributed by atoms with Gasteiger partial charge in [0.15, 0.2) is 0 Å². The number of aromatic nitrogens is 3. The van der Waals surface area contributed by atoms with Crippen LogP contribution in [0.3, 0.4) is 0 Å². The van der Waals surface area contributed by atoms with E-state index in [0.29, 0.717) is 6.04 Å². The molecule has 0 spiro atoms. The maximum atomic E-state index is 5.41. The van der Waals surface area contributed by atoms with Crippen LogP contribution in [0.4, 0.5) is 0 Å². The molecule has 0 aromatic carbocycles. The second-order valence-corrected chi connectivity index (χ2v) is 5.86. The van der Waals surface area contributed by atoms with Crippen LogP contribution in [0.15, 0.2) is 46.8 Å². The minimum absolute atomic E-state index is 0.382. The van der Waals surface area contributed by atoms with E-state index in [0.717, 1.165) is 41.5 Å². The quantitative estimate of drug-likeness (QED) is 0.725. The highest BCUT2D eigenvalue weighted by atomic mass is 32.1. The molecule has 3 aromatic rings. The first-order valence-electron chi connectivity index (χ1n) is 7.31. The van der Waals surface area contributed by atoms with Gasteiger partial charge in [0, 0.05) is 36.8 Å². The summed E-state index contributed by atoms with van der Waals surface area (Å²) in [5.74, 6) is 1.01. The van der Waals surface area contributed by atoms with Crippen molar-refractivity contribution in [2.75, 3.05) is 0 Å². The van der Waals surface area contributed by atoms with Crippen LogP contribution in [-0.2, 0) is 13.0 Å². The van der Waals surface area contributed by atoms with Gasteiger partial charge in [0.25, 0.3) is 0 Å². The summed E-state index contributed by atoms with van der Waals surface area (Å²) in [4.78, 5) is 13.0. The smallest absolute Gasteiger partial charge is 0.143 e. The van der Waals surface area contributed by atoms with E-state index in [-0.39, 0.29) is 0 Å². The molecule has 0 aliphatic rings. The van der Waals surface area contributed by atoms with E-state index in [1.807, 2.05) is 12.1 Å². The van der Waals surface area contributed by atoms with E-state index in [9.17, 15) is 0 Å². The fourth-order valence-corrected chi connectivity index (χ4v) is 2.98. The predicted molar refractivity (Wildman–Crippen MR) is 86.5 cm³/mol. The van der Waals surface area contributed by atoms with Crippen molar-refractivity contribution in [1.82, 2.24) is 20.3 Å². The highest BCUT2D eigenvalue weighted by molar-refractivity contribution is 7.13. The number of hydrogen-bond donors (Lipinski definition) is 1. The summed E-state index contributed by atoms with van der Waals surface area (Å²) in [6.07, 6.45) is 8.75. The van der Waals surface area contributed by atoms with Gasteiger partial charge in [-0.3, -0.25) is 9.97 Å². The van der Waals surface area contributed by atoms with Crippen molar-refractivity contribution in [2.24, 2.45) is 0 Å². The van der Waals surface area contributed by atoms with Crippen molar-refractivity contribution in [3.05, 3.63) is 53.8 Å². The molecular formula is C16H18N4OS. The average Bonchev–Trinajstić information content (AvgIpc) is 3.24. The van der Waals surface area contributed by atoms with Gasteiger partial charge >= 0.3 is 0 Å². The number of nitrogens with one attached hydrogen (secondary N) is 1. The lowest BCUT2D eigenvalue weighted by atomic mass is 10.1. The number of hydrogen-bond acceptors (Lipinski definition) is 6. The van der Waals surface area contributed by atoms with Crippen LogP contribution < -0.4 is 5.32 Å². The molecule has 0 aliphatic heterocycles. The number of nitrogens with zero attached hydrogens (tertiary/aromatic N) is 3. The highest BCUT2D eigenvalue weighted by Gasteiger charge is 2.11. The molecule has 0 radical (unpaired) electrons. The normalized spacial score (nSPS) is 12.4. The minimum atomic E-state index is 0.382. The van der Waals surface area contributed by atoms with Crippen molar-refractivity contribution < 1.29 is 4.42 Å². The molecule has 0 bridgehead atoms. The summed E-state index contributed by atoms with van der Waals surface area (Å²) in [5.41, 5.74) is 1.85. The molecule has 0 amide bonds. The van der Waals surface area contributed by atoms with Crippen LogP contribution in [0.5, 0.6) is 0 Å². The topological polar surface area (TPSA) is 63.8 Å². The average molecular weight is 314 g/mol. The van der Waals surface area contributed by atoms with Gasteiger partial charge in [-0.15, -0.1) is 11.3 Å². The summed E-state index contributed by atoms with van der Waals surface area (Å²) in [7, 11) is 0. The molecule has 5 nitrogen and oxygen atoms in total. The third kappa shape index (κ3) is 3.78. The lowest BCUT2D eigenvalue weighted by Crippen LogP contribution is -2.30. The van der Waals surface area contributed by atoms with Gasteiger partial charge in [-0.1, -0.05) is 6.92 Å². The first kappa shape index (κ1) is 14.9. The van der Waals surface area contributed by atoms with Crippen molar-refractivity contribution >= 4 is 11.3 Å². The number of rotatable bonds is 7. The van der Waals surface area contributed by atoms with E-state index < -0.39 is 0 Å². The Morgan fingerprint density at radius 1 is 1.36 bits per heavy atom. The molecular weight excluding hydrogens is 296 g/mol. The Morgan fingerprint density at radius 3 is 3.05 bits per heavy atom. The van der Waals surface area contributed by atoms with E-state index in [1.54, 1.807) is 36.2 Å². The standard InChI is InChI=1S/C16H18N4OS/c1-2-12(8-14-4-3-7-21-14)19-9-13-11-22-16(20-13)15-10-17-5-6-18-15/h3-7,10-12,19H,2,8-9H2,1H3. The maximum Gasteiger partial charge on any atom is 0.143 e. The third-order valence-electron chi connectivity index (χ3n) is 3.43. The monoisotopic (exact) mass is 314 g/mol. The van der Waals surface area contributed by atoms with E-state index in [2.05, 4.69) is 32.6 Å². The summed E-state index contributed by atoms with van der Waals surface area (Å²) in [6, 6.07) is 4.32. The second kappa shape index (κ2) is 7.29. The zero-order valence-electron chi connectivity index (χ0n) is 12.4. The van der Waals surface area contributed by atoms with Crippen molar-refractivity contribution in [1.29, 1.82) is 0 Å². The van der Waals surface area contributed by atoms with E-state index in [1.165, 1.54) is 0 Å². The molecule has 1 unspecified atom stereocenters. The lowest BCUT2D eigenvalue weighted by Gasteiger charge is -2.14. The molecule has 0 fully saturated rings. The predicted octanol–water partition coefficient (Wildman–Crippen LogP) is 3.30. The van der Waals surface area contributed by atoms with Gasteiger partial charge in [-0.25, -0.2) is 4.98 Å². The van der Waals surface area contributed by atoms with Crippen LogP contribution >= 0.6 is 11.3 Å². The van der Waals surface area contributed by atoms with Crippen LogP contribution in [0.25, 0.3) is 10.7 Å². The molecule has 6 heteroatoms. The molecule has 0 aliphatic carbocycles. The molecule has 1 N–H and O–H groups in total. The van der Waals surface area contributed by atoms with Gasteiger partial charge in [0.05, 0.1) is 18.2 Å². The highest BCUT2D eigenvalue weighted by Crippen LogP contribution is 2.20. The van der Waals surface area contributed by atoms with Gasteiger partial charge < -0.3 is 9.73 Å². The zero-order chi connectivity index (χ0) is 15.2. The first-order chi connectivity index (χ1) is 10.8. The summed E-state index contributed by atoms with van der Waals surface area (Å²) in [6.45, 7) is 2.92. The molecule has 3 heterocycles. The molecule has 114 valence electrons. The molecule has 0 saturated heterocycles. The fraction of sp³-hybridized carbons (Fsp3) is 0.312. The van der Waals surface area contributed by atoms with Gasteiger partial charge in [0.1, 0.15) is 16.5 Å². The number of thiazole rings is 1.